The fourth-order valence-electron chi connectivity index (χ4n) is 1.41. The molecule has 0 bridgehead atoms. The van der Waals surface area contributed by atoms with Crippen molar-refractivity contribution in [1.82, 2.24) is 5.32 Å². The molecule has 0 saturated carbocycles. The quantitative estimate of drug-likeness (QED) is 0.317. The molecule has 17 heavy (non-hydrogen) atoms. The van der Waals surface area contributed by atoms with Crippen molar-refractivity contribution in [2.24, 2.45) is 0 Å². The van der Waals surface area contributed by atoms with Crippen LogP contribution in [0.4, 0.5) is 0 Å². The van der Waals surface area contributed by atoms with Gasteiger partial charge in [0.15, 0.2) is 6.29 Å². The lowest BCUT2D eigenvalue weighted by Crippen LogP contribution is -2.47. The molecular weight excluding hydrogens is 230 g/mol. The van der Waals surface area contributed by atoms with Gasteiger partial charge in [0.2, 0.25) is 5.91 Å². The molecule has 2 unspecified atom stereocenters. The third-order valence-corrected chi connectivity index (χ3v) is 2.34. The number of ether oxygens (including phenoxy) is 1. The summed E-state index contributed by atoms with van der Waals surface area (Å²) >= 11 is 0. The number of aliphatic hydroxyl groups excluding tert-OH is 4. The lowest BCUT2D eigenvalue weighted by atomic mass is 10.0. The highest BCUT2D eigenvalue weighted by Crippen LogP contribution is 2.09. The van der Waals surface area contributed by atoms with Crippen molar-refractivity contribution in [3.05, 3.63) is 0 Å². The molecule has 4 atom stereocenters. The molecule has 7 heteroatoms. The largest absolute Gasteiger partial charge is 0.396 e. The molecule has 0 radical (unpaired) electrons. The zero-order valence-electron chi connectivity index (χ0n) is 10.0. The van der Waals surface area contributed by atoms with E-state index in [2.05, 4.69) is 10.1 Å². The summed E-state index contributed by atoms with van der Waals surface area (Å²) in [4.78, 5) is 10.9. The maximum Gasteiger partial charge on any atom is 0.217 e. The highest BCUT2D eigenvalue weighted by molar-refractivity contribution is 5.73. The molecule has 102 valence electrons. The summed E-state index contributed by atoms with van der Waals surface area (Å²) in [6.07, 6.45) is -3.59. The average molecular weight is 251 g/mol. The van der Waals surface area contributed by atoms with Crippen LogP contribution in [0.1, 0.15) is 19.8 Å². The smallest absolute Gasteiger partial charge is 0.217 e. The fourth-order valence-corrected chi connectivity index (χ4v) is 1.41. The Kier molecular flexibility index (Phi) is 8.01. The molecule has 0 fully saturated rings. The second-order valence-electron chi connectivity index (χ2n) is 3.82. The molecule has 0 rings (SSSR count). The number of hydrogen-bond donors (Lipinski definition) is 5. The number of rotatable bonds is 8. The Labute approximate surface area is 100 Å². The Balaban J connectivity index is 4.35. The van der Waals surface area contributed by atoms with Crippen molar-refractivity contribution in [3.63, 3.8) is 0 Å². The van der Waals surface area contributed by atoms with Crippen LogP contribution in [0.5, 0.6) is 0 Å². The second kappa shape index (κ2) is 8.37. The van der Waals surface area contributed by atoms with Gasteiger partial charge in [-0.25, -0.2) is 0 Å². The first kappa shape index (κ1) is 16.3. The first-order valence-corrected chi connectivity index (χ1v) is 5.37. The molecule has 5 N–H and O–H groups in total. The molecule has 7 nitrogen and oxygen atoms in total. The lowest BCUT2D eigenvalue weighted by Gasteiger charge is -2.26. The standard InChI is InChI=1S/C10H21NO6/c1-6(13)11-7(10(16)17-2)5-9(15)8(14)3-4-12/h7-10,12,14-16H,3-5H2,1-2H3,(H,11,13)/t7?,8-,9?,10-/m1/s1. The van der Waals surface area contributed by atoms with Gasteiger partial charge in [-0.15, -0.1) is 0 Å². The molecule has 1 amide bonds. The molecule has 0 saturated heterocycles. The summed E-state index contributed by atoms with van der Waals surface area (Å²) in [5, 5.41) is 39.5. The molecule has 0 aliphatic heterocycles. The van der Waals surface area contributed by atoms with Crippen LogP contribution in [-0.2, 0) is 9.53 Å². The number of amides is 1. The van der Waals surface area contributed by atoms with Gasteiger partial charge in [0.25, 0.3) is 0 Å². The number of aliphatic hydroxyl groups is 4. The van der Waals surface area contributed by atoms with E-state index in [1.165, 1.54) is 14.0 Å². The van der Waals surface area contributed by atoms with Gasteiger partial charge < -0.3 is 30.5 Å². The predicted molar refractivity (Wildman–Crippen MR) is 59.0 cm³/mol. The summed E-state index contributed by atoms with van der Waals surface area (Å²) in [5.41, 5.74) is 0. The predicted octanol–water partition coefficient (Wildman–Crippen LogP) is -2.05. The van der Waals surface area contributed by atoms with Crippen LogP contribution in [0.25, 0.3) is 0 Å². The highest BCUT2D eigenvalue weighted by atomic mass is 16.6. The number of hydrogen-bond acceptors (Lipinski definition) is 6. The summed E-state index contributed by atoms with van der Waals surface area (Å²) in [5.74, 6) is -0.380. The van der Waals surface area contributed by atoms with E-state index in [9.17, 15) is 20.1 Å². The molecule has 0 aromatic carbocycles. The van der Waals surface area contributed by atoms with E-state index in [1.807, 2.05) is 0 Å². The van der Waals surface area contributed by atoms with Crippen LogP contribution in [0, 0.1) is 0 Å². The van der Waals surface area contributed by atoms with E-state index in [0.717, 1.165) is 0 Å². The summed E-state index contributed by atoms with van der Waals surface area (Å²) in [6.45, 7) is 1.02. The van der Waals surface area contributed by atoms with Gasteiger partial charge in [-0.1, -0.05) is 0 Å². The summed E-state index contributed by atoms with van der Waals surface area (Å²) in [6, 6.07) is -0.819. The van der Waals surface area contributed by atoms with Crippen LogP contribution in [0.2, 0.25) is 0 Å². The van der Waals surface area contributed by atoms with E-state index < -0.39 is 24.5 Å². The van der Waals surface area contributed by atoms with E-state index in [4.69, 9.17) is 5.11 Å². The molecule has 0 spiro atoms. The van der Waals surface area contributed by atoms with Crippen LogP contribution < -0.4 is 5.32 Å². The van der Waals surface area contributed by atoms with Gasteiger partial charge in [0, 0.05) is 27.1 Å². The minimum atomic E-state index is -1.27. The maximum atomic E-state index is 10.9. The molecular formula is C10H21NO6. The number of carbonyl (C=O) groups excluding carboxylic acids is 1. The first-order chi connectivity index (χ1) is 7.92. The molecule has 0 aliphatic carbocycles. The number of nitrogens with one attached hydrogen (secondary N) is 1. The van der Waals surface area contributed by atoms with Gasteiger partial charge in [0.05, 0.1) is 18.2 Å². The Morgan fingerprint density at radius 2 is 1.88 bits per heavy atom. The van der Waals surface area contributed by atoms with Crippen molar-refractivity contribution in [1.29, 1.82) is 0 Å². The molecule has 0 heterocycles. The topological polar surface area (TPSA) is 119 Å². The van der Waals surface area contributed by atoms with Crippen molar-refractivity contribution in [2.75, 3.05) is 13.7 Å². The third-order valence-electron chi connectivity index (χ3n) is 2.34. The maximum absolute atomic E-state index is 10.9. The first-order valence-electron chi connectivity index (χ1n) is 5.37. The SMILES string of the molecule is CO[C@@H](O)C(CC(O)[C@H](O)CCO)NC(C)=O. The third kappa shape index (κ3) is 6.54. The summed E-state index contributed by atoms with van der Waals surface area (Å²) in [7, 11) is 1.26. The zero-order chi connectivity index (χ0) is 13.4. The lowest BCUT2D eigenvalue weighted by molar-refractivity contribution is -0.132. The molecule has 0 aromatic heterocycles. The van der Waals surface area contributed by atoms with Crippen molar-refractivity contribution < 1.29 is 30.0 Å². The monoisotopic (exact) mass is 251 g/mol. The van der Waals surface area contributed by atoms with Gasteiger partial charge in [0.1, 0.15) is 0 Å². The van der Waals surface area contributed by atoms with Gasteiger partial charge in [-0.2, -0.15) is 0 Å². The van der Waals surface area contributed by atoms with E-state index in [0.29, 0.717) is 0 Å². The second-order valence-corrected chi connectivity index (χ2v) is 3.82. The minimum absolute atomic E-state index is 0.0248. The van der Waals surface area contributed by atoms with Gasteiger partial charge in [-0.05, 0) is 6.42 Å². The van der Waals surface area contributed by atoms with E-state index in [-0.39, 0.29) is 25.4 Å². The van der Waals surface area contributed by atoms with E-state index >= 15 is 0 Å². The average Bonchev–Trinajstić information content (AvgIpc) is 2.26. The van der Waals surface area contributed by atoms with Crippen LogP contribution in [0.3, 0.4) is 0 Å². The Hall–Kier alpha value is -0.730. The van der Waals surface area contributed by atoms with Crippen molar-refractivity contribution in [3.8, 4) is 0 Å². The van der Waals surface area contributed by atoms with E-state index in [1.54, 1.807) is 0 Å². The highest BCUT2D eigenvalue weighted by Gasteiger charge is 2.26. The van der Waals surface area contributed by atoms with Crippen molar-refractivity contribution >= 4 is 5.91 Å². The molecule has 0 aromatic rings. The van der Waals surface area contributed by atoms with Crippen LogP contribution >= 0.6 is 0 Å². The normalized spacial score (nSPS) is 18.2. The minimum Gasteiger partial charge on any atom is -0.396 e. The van der Waals surface area contributed by atoms with Crippen molar-refractivity contribution in [2.45, 2.75) is 44.3 Å². The fraction of sp³-hybridized carbons (Fsp3) is 0.900. The number of carbonyl (C=O) groups is 1. The van der Waals surface area contributed by atoms with Crippen LogP contribution in [-0.4, -0.2) is 64.6 Å². The Morgan fingerprint density at radius 3 is 2.29 bits per heavy atom. The Bertz CT molecular complexity index is 225. The molecule has 0 aliphatic rings. The Morgan fingerprint density at radius 1 is 1.29 bits per heavy atom. The van der Waals surface area contributed by atoms with Gasteiger partial charge in [-0.3, -0.25) is 4.79 Å². The van der Waals surface area contributed by atoms with Crippen LogP contribution in [0.15, 0.2) is 0 Å². The van der Waals surface area contributed by atoms with Gasteiger partial charge >= 0.3 is 0 Å². The zero-order valence-corrected chi connectivity index (χ0v) is 10.0. The summed E-state index contributed by atoms with van der Waals surface area (Å²) < 4.78 is 4.65. The number of methoxy groups -OCH3 is 1.